The van der Waals surface area contributed by atoms with E-state index in [1.807, 2.05) is 37.3 Å². The fourth-order valence-electron chi connectivity index (χ4n) is 3.16. The van der Waals surface area contributed by atoms with E-state index >= 15 is 0 Å². The Morgan fingerprint density at radius 2 is 1.86 bits per heavy atom. The zero-order valence-electron chi connectivity index (χ0n) is 16.5. The Kier molecular flexibility index (Phi) is 6.82. The first kappa shape index (κ1) is 20.8. The summed E-state index contributed by atoms with van der Waals surface area (Å²) in [6.45, 7) is 1.94. The lowest BCUT2D eigenvalue weighted by molar-refractivity contribution is -0.120. The maximum atomic E-state index is 12.2. The number of hydrogen-bond acceptors (Lipinski definition) is 6. The molecule has 1 heterocycles. The van der Waals surface area contributed by atoms with Gasteiger partial charge in [0.25, 0.3) is 0 Å². The van der Waals surface area contributed by atoms with Gasteiger partial charge in [0.2, 0.25) is 24.2 Å². The van der Waals surface area contributed by atoms with Crippen molar-refractivity contribution in [1.29, 1.82) is 0 Å². The number of alkyl halides is 1. The average molecular weight is 419 g/mol. The maximum Gasteiger partial charge on any atom is 0.244 e. The second kappa shape index (κ2) is 9.52. The molecule has 1 N–H and O–H groups in total. The van der Waals surface area contributed by atoms with Crippen molar-refractivity contribution in [1.82, 2.24) is 5.43 Å². The van der Waals surface area contributed by atoms with Crippen molar-refractivity contribution < 1.29 is 23.7 Å². The van der Waals surface area contributed by atoms with E-state index in [0.717, 1.165) is 11.1 Å². The fraction of sp³-hybridized carbons (Fsp3) is 0.333. The van der Waals surface area contributed by atoms with Gasteiger partial charge in [-0.25, -0.2) is 5.43 Å². The zero-order chi connectivity index (χ0) is 20.8. The topological polar surface area (TPSA) is 78.4 Å². The molecule has 7 nitrogen and oxygen atoms in total. The highest BCUT2D eigenvalue weighted by Gasteiger charge is 2.31. The number of hydrogen-bond donors (Lipinski definition) is 1. The molecule has 1 atom stereocenters. The van der Waals surface area contributed by atoms with Gasteiger partial charge in [-0.2, -0.15) is 5.10 Å². The number of nitrogens with one attached hydrogen (secondary N) is 1. The van der Waals surface area contributed by atoms with Crippen LogP contribution in [0.3, 0.4) is 0 Å². The van der Waals surface area contributed by atoms with E-state index in [-0.39, 0.29) is 24.5 Å². The van der Waals surface area contributed by atoms with Gasteiger partial charge in [-0.1, -0.05) is 30.3 Å². The number of rotatable bonds is 8. The van der Waals surface area contributed by atoms with Crippen LogP contribution >= 0.6 is 11.6 Å². The molecule has 0 bridgehead atoms. The van der Waals surface area contributed by atoms with Crippen molar-refractivity contribution in [3.63, 3.8) is 0 Å². The van der Waals surface area contributed by atoms with Crippen LogP contribution in [0.4, 0.5) is 0 Å². The Bertz CT molecular complexity index is 900. The van der Waals surface area contributed by atoms with Crippen molar-refractivity contribution in [2.45, 2.75) is 25.1 Å². The highest BCUT2D eigenvalue weighted by molar-refractivity contribution is 6.20. The summed E-state index contributed by atoms with van der Waals surface area (Å²) in [5.74, 6) is 1.65. The van der Waals surface area contributed by atoms with E-state index in [1.54, 1.807) is 7.11 Å². The monoisotopic (exact) mass is 418 g/mol. The van der Waals surface area contributed by atoms with Crippen LogP contribution in [0, 0.1) is 0 Å². The minimum Gasteiger partial charge on any atom is -0.492 e. The Morgan fingerprint density at radius 1 is 1.21 bits per heavy atom. The van der Waals surface area contributed by atoms with Crippen LogP contribution in [-0.2, 0) is 17.6 Å². The SMILES string of the molecule is COc1c(/C=N\NC(=O)Cc2ccccc2)c(C[C@H](C)Cl)c(OC)c2c1OCO2. The molecule has 1 amide bonds. The molecule has 0 saturated heterocycles. The number of fused-ring (bicyclic) bond motifs is 1. The summed E-state index contributed by atoms with van der Waals surface area (Å²) >= 11 is 6.25. The standard InChI is InChI=1S/C21H23ClN2O5/c1-13(22)9-15-16(11-23-24-17(25)10-14-7-5-4-6-8-14)19(27-3)21-20(18(15)26-2)28-12-29-21/h4-8,11,13H,9-10,12H2,1-3H3,(H,24,25)/b23-11-/t13-/m0/s1. The fourth-order valence-corrected chi connectivity index (χ4v) is 3.32. The van der Waals surface area contributed by atoms with E-state index in [9.17, 15) is 4.79 Å². The maximum absolute atomic E-state index is 12.2. The third-order valence-electron chi connectivity index (χ3n) is 4.35. The highest BCUT2D eigenvalue weighted by atomic mass is 35.5. The number of ether oxygens (including phenoxy) is 4. The Hall–Kier alpha value is -2.93. The molecule has 0 fully saturated rings. The predicted molar refractivity (Wildman–Crippen MR) is 111 cm³/mol. The van der Waals surface area contributed by atoms with Crippen molar-refractivity contribution in [3.8, 4) is 23.0 Å². The summed E-state index contributed by atoms with van der Waals surface area (Å²) in [7, 11) is 3.08. The Labute approximate surface area is 174 Å². The molecule has 0 aromatic heterocycles. The van der Waals surface area contributed by atoms with Crippen LogP contribution in [-0.4, -0.2) is 38.5 Å². The van der Waals surface area contributed by atoms with Gasteiger partial charge in [0.15, 0.2) is 11.5 Å². The summed E-state index contributed by atoms with van der Waals surface area (Å²) in [5, 5.41) is 3.94. The minimum absolute atomic E-state index is 0.0618. The lowest BCUT2D eigenvalue weighted by Crippen LogP contribution is -2.20. The molecule has 1 aliphatic heterocycles. The van der Waals surface area contributed by atoms with E-state index in [1.165, 1.54) is 13.3 Å². The van der Waals surface area contributed by atoms with Gasteiger partial charge < -0.3 is 18.9 Å². The van der Waals surface area contributed by atoms with Crippen LogP contribution in [0.5, 0.6) is 23.0 Å². The van der Waals surface area contributed by atoms with Gasteiger partial charge in [-0.05, 0) is 18.9 Å². The number of amides is 1. The van der Waals surface area contributed by atoms with Gasteiger partial charge in [0, 0.05) is 16.5 Å². The average Bonchev–Trinajstić information content (AvgIpc) is 3.17. The normalized spacial score (nSPS) is 13.4. The molecule has 0 saturated carbocycles. The predicted octanol–water partition coefficient (Wildman–Crippen LogP) is 3.30. The summed E-state index contributed by atoms with van der Waals surface area (Å²) in [5.41, 5.74) is 4.82. The third-order valence-corrected chi connectivity index (χ3v) is 4.51. The molecule has 8 heteroatoms. The van der Waals surface area contributed by atoms with E-state index in [0.29, 0.717) is 35.0 Å². The molecular weight excluding hydrogens is 396 g/mol. The largest absolute Gasteiger partial charge is 0.492 e. The quantitative estimate of drug-likeness (QED) is 0.404. The molecular formula is C21H23ClN2O5. The second-order valence-corrected chi connectivity index (χ2v) is 7.21. The number of halogens is 1. The van der Waals surface area contributed by atoms with Gasteiger partial charge in [0.05, 0.1) is 26.9 Å². The molecule has 0 unspecified atom stereocenters. The highest BCUT2D eigenvalue weighted by Crippen LogP contribution is 2.52. The number of nitrogens with zero attached hydrogens (tertiary/aromatic N) is 1. The van der Waals surface area contributed by atoms with E-state index in [2.05, 4.69) is 10.5 Å². The van der Waals surface area contributed by atoms with Crippen LogP contribution in [0.2, 0.25) is 0 Å². The van der Waals surface area contributed by atoms with Gasteiger partial charge >= 0.3 is 0 Å². The third kappa shape index (κ3) is 4.74. The first-order valence-electron chi connectivity index (χ1n) is 9.11. The first-order valence-corrected chi connectivity index (χ1v) is 9.55. The Morgan fingerprint density at radius 3 is 2.48 bits per heavy atom. The van der Waals surface area contributed by atoms with Crippen molar-refractivity contribution in [2.75, 3.05) is 21.0 Å². The molecule has 2 aromatic rings. The number of methoxy groups -OCH3 is 2. The minimum atomic E-state index is -0.230. The molecule has 0 spiro atoms. The molecule has 0 aliphatic carbocycles. The van der Waals surface area contributed by atoms with Gasteiger partial charge in [-0.3, -0.25) is 4.79 Å². The van der Waals surface area contributed by atoms with Crippen molar-refractivity contribution in [2.24, 2.45) is 5.10 Å². The van der Waals surface area contributed by atoms with Crippen LogP contribution in [0.1, 0.15) is 23.6 Å². The molecule has 154 valence electrons. The summed E-state index contributed by atoms with van der Waals surface area (Å²) in [6, 6.07) is 9.44. The van der Waals surface area contributed by atoms with Crippen LogP contribution in [0.15, 0.2) is 35.4 Å². The smallest absolute Gasteiger partial charge is 0.244 e. The summed E-state index contributed by atoms with van der Waals surface area (Å²) < 4.78 is 22.2. The molecule has 29 heavy (non-hydrogen) atoms. The summed E-state index contributed by atoms with van der Waals surface area (Å²) in [4.78, 5) is 12.2. The van der Waals surface area contributed by atoms with Gasteiger partial charge in [0.1, 0.15) is 0 Å². The lowest BCUT2D eigenvalue weighted by atomic mass is 9.99. The Balaban J connectivity index is 1.90. The lowest BCUT2D eigenvalue weighted by Gasteiger charge is -2.18. The number of carbonyl (C=O) groups excluding carboxylic acids is 1. The molecule has 3 rings (SSSR count). The van der Waals surface area contributed by atoms with Crippen LogP contribution in [0.25, 0.3) is 0 Å². The molecule has 1 aliphatic rings. The van der Waals surface area contributed by atoms with E-state index < -0.39 is 0 Å². The molecule has 2 aromatic carbocycles. The zero-order valence-corrected chi connectivity index (χ0v) is 17.3. The van der Waals surface area contributed by atoms with Crippen LogP contribution < -0.4 is 24.4 Å². The number of benzene rings is 2. The first-order chi connectivity index (χ1) is 14.0. The van der Waals surface area contributed by atoms with E-state index in [4.69, 9.17) is 30.5 Å². The number of hydrazone groups is 1. The van der Waals surface area contributed by atoms with Gasteiger partial charge in [-0.15, -0.1) is 11.6 Å². The number of carbonyl (C=O) groups is 1. The second-order valence-electron chi connectivity index (χ2n) is 6.46. The van der Waals surface area contributed by atoms with Crippen molar-refractivity contribution in [3.05, 3.63) is 47.0 Å². The molecule has 0 radical (unpaired) electrons. The van der Waals surface area contributed by atoms with Crippen molar-refractivity contribution >= 4 is 23.7 Å². The summed E-state index contributed by atoms with van der Waals surface area (Å²) in [6.07, 6.45) is 2.23.